The van der Waals surface area contributed by atoms with Gasteiger partial charge in [-0.15, -0.1) is 23.2 Å². The molecule has 0 aliphatic heterocycles. The first kappa shape index (κ1) is 19.8. The number of rotatable bonds is 0. The van der Waals surface area contributed by atoms with Gasteiger partial charge < -0.3 is 0 Å². The summed E-state index contributed by atoms with van der Waals surface area (Å²) in [5.41, 5.74) is 0. The van der Waals surface area contributed by atoms with E-state index in [4.69, 9.17) is 92.8 Å². The molecular formula is C4H6Cl8. The fourth-order valence-electron chi connectivity index (χ4n) is 0. The van der Waals surface area contributed by atoms with E-state index in [-0.39, 0.29) is 5.34 Å². The SMILES string of the molecule is CC(Cl)(Cl)Cl.ClC(Cl)Cl.ClCCl. The van der Waals surface area contributed by atoms with Crippen molar-refractivity contribution < 1.29 is 0 Å². The van der Waals surface area contributed by atoms with Crippen LogP contribution in [-0.2, 0) is 0 Å². The van der Waals surface area contributed by atoms with Gasteiger partial charge in [0.05, 0.1) is 5.34 Å². The largest absolute Gasteiger partial charge is 0.187 e. The highest BCUT2D eigenvalue weighted by atomic mass is 35.6. The molecule has 0 aromatic carbocycles. The highest BCUT2D eigenvalue weighted by Gasteiger charge is 2.07. The summed E-state index contributed by atoms with van der Waals surface area (Å²) in [4.78, 5) is 0. The van der Waals surface area contributed by atoms with Gasteiger partial charge in [-0.2, -0.15) is 0 Å². The summed E-state index contributed by atoms with van der Waals surface area (Å²) in [7, 11) is 0. The van der Waals surface area contributed by atoms with Crippen LogP contribution in [0.3, 0.4) is 0 Å². The maximum absolute atomic E-state index is 5.06. The third kappa shape index (κ3) is 293. The molecular weight excluding hydrogens is 332 g/mol. The Bertz CT molecular complexity index is 57.2. The van der Waals surface area contributed by atoms with Crippen LogP contribution in [0.25, 0.3) is 0 Å². The topological polar surface area (TPSA) is 0 Å². The molecule has 0 heterocycles. The molecule has 8 heteroatoms. The van der Waals surface area contributed by atoms with E-state index < -0.39 is 8.09 Å². The van der Waals surface area contributed by atoms with Gasteiger partial charge in [0.1, 0.15) is 0 Å². The maximum Gasteiger partial charge on any atom is 0.187 e. The van der Waals surface area contributed by atoms with Gasteiger partial charge in [-0.05, 0) is 6.92 Å². The lowest BCUT2D eigenvalue weighted by Crippen LogP contribution is -1.87. The zero-order valence-electron chi connectivity index (χ0n) is 5.81. The third-order valence-electron chi connectivity index (χ3n) is 0. The third-order valence-corrected chi connectivity index (χ3v) is 0. The van der Waals surface area contributed by atoms with E-state index in [2.05, 4.69) is 0 Å². The fourth-order valence-corrected chi connectivity index (χ4v) is 0. The van der Waals surface area contributed by atoms with Crippen molar-refractivity contribution in [2.75, 3.05) is 5.34 Å². The van der Waals surface area contributed by atoms with Crippen LogP contribution in [0, 0.1) is 0 Å². The van der Waals surface area contributed by atoms with Crippen molar-refractivity contribution in [1.82, 2.24) is 0 Å². The van der Waals surface area contributed by atoms with Crippen LogP contribution in [-0.4, -0.2) is 13.4 Å². The lowest BCUT2D eigenvalue weighted by Gasteiger charge is -1.94. The van der Waals surface area contributed by atoms with E-state index in [1.807, 2.05) is 0 Å². The summed E-state index contributed by atoms with van der Waals surface area (Å²) in [6, 6.07) is 0. The minimum atomic E-state index is -1.08. The minimum absolute atomic E-state index is 0.194. The van der Waals surface area contributed by atoms with Gasteiger partial charge in [0.2, 0.25) is 0 Å². The molecule has 0 aliphatic carbocycles. The van der Waals surface area contributed by atoms with Gasteiger partial charge in [-0.3, -0.25) is 0 Å². The van der Waals surface area contributed by atoms with Gasteiger partial charge in [-0.25, -0.2) is 0 Å². The Morgan fingerprint density at radius 1 is 1.00 bits per heavy atom. The highest BCUT2D eigenvalue weighted by molar-refractivity contribution is 6.67. The molecule has 0 aliphatic rings. The van der Waals surface area contributed by atoms with Crippen molar-refractivity contribution in [2.45, 2.75) is 15.0 Å². The molecule has 12 heavy (non-hydrogen) atoms. The Kier molecular flexibility index (Phi) is 22.0. The average molecular weight is 338 g/mol. The Hall–Kier alpha value is 2.32. The number of hydrogen-bond donors (Lipinski definition) is 0. The summed E-state index contributed by atoms with van der Waals surface area (Å²) in [6.45, 7) is 1.48. The summed E-state index contributed by atoms with van der Waals surface area (Å²) < 4.78 is -1.83. The van der Waals surface area contributed by atoms with Gasteiger partial charge in [0, 0.05) is 0 Å². The Morgan fingerprint density at radius 2 is 1.00 bits per heavy atom. The summed E-state index contributed by atoms with van der Waals surface area (Å²) in [5, 5.41) is 0.194. The zero-order valence-corrected chi connectivity index (χ0v) is 11.9. The van der Waals surface area contributed by atoms with Crippen molar-refractivity contribution in [3.05, 3.63) is 0 Å². The molecule has 0 saturated heterocycles. The molecule has 0 fully saturated rings. The van der Waals surface area contributed by atoms with E-state index in [9.17, 15) is 0 Å². The first-order valence-corrected chi connectivity index (χ1v) is 5.77. The molecule has 78 valence electrons. The van der Waals surface area contributed by atoms with Crippen molar-refractivity contribution in [1.29, 1.82) is 0 Å². The van der Waals surface area contributed by atoms with Crippen LogP contribution >= 0.6 is 92.8 Å². The van der Waals surface area contributed by atoms with Gasteiger partial charge >= 0.3 is 0 Å². The second kappa shape index (κ2) is 13.3. The smallest absolute Gasteiger partial charge is 0.109 e. The lowest BCUT2D eigenvalue weighted by molar-refractivity contribution is 1.27. The Morgan fingerprint density at radius 3 is 1.00 bits per heavy atom. The van der Waals surface area contributed by atoms with Crippen LogP contribution in [0.5, 0.6) is 0 Å². The average Bonchev–Trinajstić information content (AvgIpc) is 1.56. The molecule has 0 amide bonds. The summed E-state index contributed by atoms with van der Waals surface area (Å²) in [6.07, 6.45) is 0. The second-order valence-corrected chi connectivity index (χ2v) is 6.77. The van der Waals surface area contributed by atoms with Crippen LogP contribution in [0.2, 0.25) is 0 Å². The van der Waals surface area contributed by atoms with Crippen molar-refractivity contribution in [3.63, 3.8) is 0 Å². The molecule has 0 unspecified atom stereocenters. The van der Waals surface area contributed by atoms with E-state index in [1.165, 1.54) is 6.92 Å². The van der Waals surface area contributed by atoms with Gasteiger partial charge in [-0.1, -0.05) is 69.6 Å². The molecule has 0 bridgehead atoms. The van der Waals surface area contributed by atoms with E-state index >= 15 is 0 Å². The number of hydrogen-bond acceptors (Lipinski definition) is 0. The van der Waals surface area contributed by atoms with Crippen molar-refractivity contribution in [2.24, 2.45) is 0 Å². The van der Waals surface area contributed by atoms with E-state index in [0.29, 0.717) is 0 Å². The quantitative estimate of drug-likeness (QED) is 0.491. The van der Waals surface area contributed by atoms with Crippen LogP contribution in [0.4, 0.5) is 0 Å². The lowest BCUT2D eigenvalue weighted by atomic mass is 10.9. The summed E-state index contributed by atoms with van der Waals surface area (Å²) >= 11 is 39.1. The fraction of sp³-hybridized carbons (Fsp3) is 1.00. The Balaban J connectivity index is -0.000000105. The summed E-state index contributed by atoms with van der Waals surface area (Å²) in [5.74, 6) is 0. The van der Waals surface area contributed by atoms with Crippen LogP contribution in [0.15, 0.2) is 0 Å². The molecule has 0 aromatic rings. The highest BCUT2D eigenvalue weighted by Crippen LogP contribution is 2.23. The minimum Gasteiger partial charge on any atom is -0.109 e. The second-order valence-electron chi connectivity index (χ2n) is 1.13. The predicted octanol–water partition coefficient (Wildman–Crippen LogP) is 5.78. The normalized spacial score (nSPS) is 9.50. The molecule has 0 N–H and O–H groups in total. The van der Waals surface area contributed by atoms with Crippen LogP contribution in [0.1, 0.15) is 6.92 Å². The zero-order chi connectivity index (χ0) is 10.8. The predicted molar refractivity (Wildman–Crippen MR) is 63.9 cm³/mol. The van der Waals surface area contributed by atoms with Crippen molar-refractivity contribution >= 4 is 92.8 Å². The molecule has 0 saturated carbocycles. The van der Waals surface area contributed by atoms with Crippen molar-refractivity contribution in [3.8, 4) is 0 Å². The number of alkyl halides is 8. The van der Waals surface area contributed by atoms with Crippen LogP contribution < -0.4 is 0 Å². The van der Waals surface area contributed by atoms with Gasteiger partial charge in [0.15, 0.2) is 8.09 Å². The van der Waals surface area contributed by atoms with Gasteiger partial charge in [0.25, 0.3) is 0 Å². The first-order valence-electron chi connectivity index (χ1n) is 2.26. The molecule has 0 spiro atoms. The Labute approximate surface area is 112 Å². The molecule has 0 aromatic heterocycles. The van der Waals surface area contributed by atoms with E-state index in [0.717, 1.165) is 0 Å². The first-order chi connectivity index (χ1) is 5.15. The molecule has 0 nitrogen and oxygen atoms in total. The monoisotopic (exact) mass is 334 g/mol. The van der Waals surface area contributed by atoms with E-state index in [1.54, 1.807) is 0 Å². The molecule has 0 rings (SSSR count). The molecule has 0 atom stereocenters. The standard InChI is InChI=1S/C2H3Cl3.CHCl3.CH2Cl2/c1-2(3,4)5;2-1(3)4;2-1-3/h1H3;1H;1H2. The maximum atomic E-state index is 5.06. The number of halogens is 8. The molecule has 0 radical (unpaired) electrons.